The summed E-state index contributed by atoms with van der Waals surface area (Å²) >= 11 is 0. The summed E-state index contributed by atoms with van der Waals surface area (Å²) in [6.07, 6.45) is -0.645. The highest BCUT2D eigenvalue weighted by atomic mass is 32.2. The maximum atomic E-state index is 11.4. The lowest BCUT2D eigenvalue weighted by Crippen LogP contribution is -2.53. The first-order chi connectivity index (χ1) is 6.52. The Labute approximate surface area is 87.4 Å². The van der Waals surface area contributed by atoms with Crippen LogP contribution in [0.2, 0.25) is 0 Å². The van der Waals surface area contributed by atoms with Crippen molar-refractivity contribution in [2.75, 3.05) is 0 Å². The minimum atomic E-state index is -4.70. The predicted octanol–water partition coefficient (Wildman–Crippen LogP) is 0.133. The number of carbonyl (C=O) groups excluding carboxylic acids is 2. The van der Waals surface area contributed by atoms with Crippen molar-refractivity contribution in [1.82, 2.24) is 0 Å². The lowest BCUT2D eigenvalue weighted by atomic mass is 9.79. The lowest BCUT2D eigenvalue weighted by Gasteiger charge is -2.33. The Morgan fingerprint density at radius 1 is 1.33 bits per heavy atom. The van der Waals surface area contributed by atoms with Gasteiger partial charge in [0, 0.05) is 0 Å². The highest BCUT2D eigenvalue weighted by Gasteiger charge is 2.65. The fourth-order valence-corrected chi connectivity index (χ4v) is 2.98. The van der Waals surface area contributed by atoms with Crippen LogP contribution in [0.4, 0.5) is 0 Å². The molecule has 1 fully saturated rings. The van der Waals surface area contributed by atoms with Gasteiger partial charge in [-0.05, 0) is 5.41 Å². The van der Waals surface area contributed by atoms with Crippen molar-refractivity contribution in [3.63, 3.8) is 0 Å². The van der Waals surface area contributed by atoms with E-state index in [4.69, 9.17) is 4.55 Å². The Morgan fingerprint density at radius 2 is 1.80 bits per heavy atom. The third-order valence-corrected chi connectivity index (χ3v) is 4.39. The monoisotopic (exact) mass is 236 g/mol. The molecule has 0 bridgehead atoms. The molecule has 0 aromatic heterocycles. The summed E-state index contributed by atoms with van der Waals surface area (Å²) in [4.78, 5) is 22.4. The molecule has 0 aliphatic carbocycles. The second-order valence-electron chi connectivity index (χ2n) is 4.49. The van der Waals surface area contributed by atoms with Crippen molar-refractivity contribution in [3.8, 4) is 0 Å². The van der Waals surface area contributed by atoms with E-state index in [1.165, 1.54) is 20.8 Å². The summed E-state index contributed by atoms with van der Waals surface area (Å²) in [7, 11) is -4.70. The molecule has 1 rings (SSSR count). The second-order valence-corrected chi connectivity index (χ2v) is 6.14. The van der Waals surface area contributed by atoms with E-state index in [0.717, 1.165) is 0 Å². The van der Waals surface area contributed by atoms with E-state index < -0.39 is 38.6 Å². The van der Waals surface area contributed by atoms with Gasteiger partial charge in [-0.1, -0.05) is 20.8 Å². The lowest BCUT2D eigenvalue weighted by molar-refractivity contribution is -0.153. The summed E-state index contributed by atoms with van der Waals surface area (Å²) in [6.45, 7) is 4.34. The molecule has 1 saturated heterocycles. The molecule has 1 aliphatic heterocycles. The van der Waals surface area contributed by atoms with Gasteiger partial charge in [-0.2, -0.15) is 8.42 Å². The summed E-state index contributed by atoms with van der Waals surface area (Å²) in [5.74, 6) is -2.14. The van der Waals surface area contributed by atoms with Gasteiger partial charge in [0.1, 0.15) is 0 Å². The van der Waals surface area contributed by atoms with E-state index in [2.05, 4.69) is 4.74 Å². The molecule has 0 amide bonds. The van der Waals surface area contributed by atoms with Crippen LogP contribution in [-0.4, -0.2) is 29.7 Å². The average Bonchev–Trinajstić information content (AvgIpc) is 2.23. The van der Waals surface area contributed by atoms with Crippen molar-refractivity contribution in [3.05, 3.63) is 0 Å². The van der Waals surface area contributed by atoms with Crippen molar-refractivity contribution in [2.24, 2.45) is 5.41 Å². The van der Waals surface area contributed by atoms with Crippen LogP contribution < -0.4 is 0 Å². The third-order valence-electron chi connectivity index (χ3n) is 2.58. The fraction of sp³-hybridized carbons (Fsp3) is 0.750. The van der Waals surface area contributed by atoms with Crippen LogP contribution in [0, 0.1) is 5.41 Å². The molecule has 6 nitrogen and oxygen atoms in total. The Balaban J connectivity index is 3.47. The summed E-state index contributed by atoms with van der Waals surface area (Å²) in [5.41, 5.74) is -1.12. The molecular weight excluding hydrogens is 224 g/mol. The van der Waals surface area contributed by atoms with Crippen LogP contribution >= 0.6 is 0 Å². The van der Waals surface area contributed by atoms with Crippen molar-refractivity contribution < 1.29 is 27.3 Å². The number of cyclic esters (lactones) is 2. The van der Waals surface area contributed by atoms with Crippen molar-refractivity contribution >= 4 is 22.1 Å². The van der Waals surface area contributed by atoms with Gasteiger partial charge in [-0.3, -0.25) is 9.35 Å². The number of hydrogen-bond donors (Lipinski definition) is 1. The van der Waals surface area contributed by atoms with Gasteiger partial charge in [0.2, 0.25) is 4.75 Å². The van der Waals surface area contributed by atoms with E-state index in [1.807, 2.05) is 0 Å². The zero-order valence-electron chi connectivity index (χ0n) is 8.60. The van der Waals surface area contributed by atoms with E-state index in [1.54, 1.807) is 0 Å². The Kier molecular flexibility index (Phi) is 2.44. The van der Waals surface area contributed by atoms with Gasteiger partial charge in [0.15, 0.2) is 0 Å². The van der Waals surface area contributed by atoms with Gasteiger partial charge in [0.25, 0.3) is 10.1 Å². The SMILES string of the molecule is CC(C)(C)C1(S(=O)(=O)O)CC(=O)OC1=O. The molecule has 1 unspecified atom stereocenters. The zero-order chi connectivity index (χ0) is 12.1. The second kappa shape index (κ2) is 3.02. The maximum absolute atomic E-state index is 11.4. The fourth-order valence-electron chi connectivity index (χ4n) is 1.65. The van der Waals surface area contributed by atoms with Gasteiger partial charge in [0.05, 0.1) is 6.42 Å². The minimum absolute atomic E-state index is 0.645. The van der Waals surface area contributed by atoms with Crippen LogP contribution in [0.25, 0.3) is 0 Å². The van der Waals surface area contributed by atoms with Gasteiger partial charge < -0.3 is 4.74 Å². The van der Waals surface area contributed by atoms with E-state index in [-0.39, 0.29) is 0 Å². The van der Waals surface area contributed by atoms with E-state index in [9.17, 15) is 18.0 Å². The molecule has 1 atom stereocenters. The number of esters is 2. The highest BCUT2D eigenvalue weighted by molar-refractivity contribution is 7.88. The third kappa shape index (κ3) is 1.55. The van der Waals surface area contributed by atoms with Crippen molar-refractivity contribution in [2.45, 2.75) is 31.9 Å². The van der Waals surface area contributed by atoms with Crippen LogP contribution in [0.5, 0.6) is 0 Å². The number of rotatable bonds is 1. The maximum Gasteiger partial charge on any atom is 0.338 e. The molecule has 1 aliphatic rings. The number of ether oxygens (including phenoxy) is 1. The summed E-state index contributed by atoms with van der Waals surface area (Å²) < 4.78 is 33.7. The van der Waals surface area contributed by atoms with Crippen LogP contribution in [0.1, 0.15) is 27.2 Å². The molecule has 1 N–H and O–H groups in total. The summed E-state index contributed by atoms with van der Waals surface area (Å²) in [6, 6.07) is 0. The zero-order valence-corrected chi connectivity index (χ0v) is 9.42. The first-order valence-corrected chi connectivity index (χ1v) is 5.68. The van der Waals surface area contributed by atoms with Crippen molar-refractivity contribution in [1.29, 1.82) is 0 Å². The number of hydrogen-bond acceptors (Lipinski definition) is 5. The van der Waals surface area contributed by atoms with Crippen LogP contribution in [-0.2, 0) is 24.4 Å². The molecule has 0 spiro atoms. The molecule has 0 aromatic rings. The largest absolute Gasteiger partial charge is 0.392 e. The van der Waals surface area contributed by atoms with Gasteiger partial charge in [-0.25, -0.2) is 4.79 Å². The molecule has 0 aromatic carbocycles. The first-order valence-electron chi connectivity index (χ1n) is 4.24. The van der Waals surface area contributed by atoms with E-state index >= 15 is 0 Å². The molecule has 15 heavy (non-hydrogen) atoms. The van der Waals surface area contributed by atoms with E-state index in [0.29, 0.717) is 0 Å². The van der Waals surface area contributed by atoms with Crippen LogP contribution in [0.3, 0.4) is 0 Å². The molecule has 0 radical (unpaired) electrons. The molecule has 7 heteroatoms. The summed E-state index contributed by atoms with van der Waals surface area (Å²) in [5, 5.41) is 0. The smallest absolute Gasteiger partial charge is 0.338 e. The average molecular weight is 236 g/mol. The molecule has 1 heterocycles. The first kappa shape index (κ1) is 12.1. The van der Waals surface area contributed by atoms with Gasteiger partial charge >= 0.3 is 11.9 Å². The Hall–Kier alpha value is -0.950. The number of carbonyl (C=O) groups is 2. The minimum Gasteiger partial charge on any atom is -0.392 e. The van der Waals surface area contributed by atoms with Crippen LogP contribution in [0.15, 0.2) is 0 Å². The van der Waals surface area contributed by atoms with Gasteiger partial charge in [-0.15, -0.1) is 0 Å². The Morgan fingerprint density at radius 3 is 1.93 bits per heavy atom. The highest BCUT2D eigenvalue weighted by Crippen LogP contribution is 2.44. The standard InChI is InChI=1S/C8H12O6S/c1-7(2,3)8(15(11,12)13)4-5(9)14-6(8)10/h4H2,1-3H3,(H,11,12,13). The molecular formula is C8H12O6S. The normalized spacial score (nSPS) is 28.0. The molecule has 0 saturated carbocycles. The molecule has 86 valence electrons. The predicted molar refractivity (Wildman–Crippen MR) is 49.5 cm³/mol. The Bertz CT molecular complexity index is 415. The topological polar surface area (TPSA) is 97.7 Å². The quantitative estimate of drug-likeness (QED) is 0.395.